The molecule has 0 aliphatic carbocycles. The maximum absolute atomic E-state index is 9.10. The van der Waals surface area contributed by atoms with E-state index >= 15 is 0 Å². The topological polar surface area (TPSA) is 376 Å². The summed E-state index contributed by atoms with van der Waals surface area (Å²) in [5, 5.41) is 75.4. The van der Waals surface area contributed by atoms with Crippen LogP contribution in [0.25, 0.3) is 0 Å². The quantitative estimate of drug-likeness (QED) is 0.0949. The molecule has 0 fully saturated rings. The summed E-state index contributed by atoms with van der Waals surface area (Å²) >= 11 is 0. The van der Waals surface area contributed by atoms with E-state index in [2.05, 4.69) is 0 Å². The monoisotopic (exact) mass is 578 g/mol. The first-order chi connectivity index (χ1) is 13.2. The Morgan fingerprint density at radius 1 is 0.344 bits per heavy atom. The van der Waals surface area contributed by atoms with Crippen molar-refractivity contribution in [2.75, 3.05) is 0 Å². The van der Waals surface area contributed by atoms with Crippen LogP contribution in [0.15, 0.2) is 0 Å². The Balaban J connectivity index is -0.0000000481. The molecule has 0 saturated heterocycles. The number of aliphatic carboxylic acids is 10. The van der Waals surface area contributed by atoms with Crippen LogP contribution >= 0.6 is 0 Å². The van der Waals surface area contributed by atoms with Gasteiger partial charge in [0.25, 0.3) is 0 Å². The second-order valence-electron chi connectivity index (χ2n) is 3.03. The number of carbonyl (C=O) groups is 10. The zero-order valence-corrected chi connectivity index (χ0v) is 20.6. The van der Waals surface area contributed by atoms with Gasteiger partial charge in [-0.2, -0.15) is 0 Å². The maximum Gasteiger partial charge on any atom is 1.00 e. The Labute approximate surface area is 234 Å². The Bertz CT molecular complexity index is 510. The summed E-state index contributed by atoms with van der Waals surface area (Å²) in [4.78, 5) is 90.8. The Hall–Kier alpha value is -2.78. The van der Waals surface area contributed by atoms with Crippen molar-refractivity contribution in [2.45, 2.75) is 0 Å². The van der Waals surface area contributed by atoms with E-state index in [1.165, 1.54) is 0 Å². The van der Waals surface area contributed by atoms with E-state index < -0.39 is 59.7 Å². The zero-order valence-electron chi connectivity index (χ0n) is 15.0. The Morgan fingerprint density at radius 2 is 0.406 bits per heavy atom. The average Bonchev–Trinajstić information content (AvgIpc) is 2.56. The molecule has 0 aromatic rings. The van der Waals surface area contributed by atoms with Crippen LogP contribution in [0.2, 0.25) is 0 Å². The molecule has 0 bridgehead atoms. The molecule has 0 heterocycles. The van der Waals surface area contributed by atoms with Crippen molar-refractivity contribution in [3.05, 3.63) is 0 Å². The van der Waals surface area contributed by atoms with Gasteiger partial charge in [0.15, 0.2) is 5.97 Å². The summed E-state index contributed by atoms with van der Waals surface area (Å²) in [6.45, 7) is 0. The van der Waals surface area contributed by atoms with Gasteiger partial charge >= 0.3 is 105 Å². The van der Waals surface area contributed by atoms with Crippen molar-refractivity contribution < 1.29 is 177 Å². The van der Waals surface area contributed by atoms with Crippen LogP contribution in [0.5, 0.6) is 0 Å². The van der Waals surface area contributed by atoms with Crippen molar-refractivity contribution in [3.63, 3.8) is 0 Å². The minimum absolute atomic E-state index is 0. The van der Waals surface area contributed by atoms with Gasteiger partial charge in [-0.25, -0.2) is 43.2 Å². The van der Waals surface area contributed by atoms with Crippen LogP contribution in [-0.2, 0) is 74.1 Å². The third kappa shape index (κ3) is 63.1. The van der Waals surface area contributed by atoms with Gasteiger partial charge < -0.3 is 55.9 Å². The van der Waals surface area contributed by atoms with E-state index in [1.807, 2.05) is 0 Å². The molecule has 0 spiro atoms. The molecule has 0 atom stereocenters. The SMILES string of the molecule is O=C(O)C(=O)O.O=C(O)C(=O)O.O=C(O)C(=O)O.O=C(O)C(=O)O.O=C([O-])C(=O)O.[K+].[Zr]. The number of hydrogen-bond acceptors (Lipinski definition) is 11. The molecule has 9 N–H and O–H groups in total. The molecule has 0 rings (SSSR count). The van der Waals surface area contributed by atoms with Gasteiger partial charge in [0.1, 0.15) is 0 Å². The van der Waals surface area contributed by atoms with Gasteiger partial charge in [-0.3, -0.25) is 0 Å². The van der Waals surface area contributed by atoms with E-state index in [1.54, 1.807) is 0 Å². The number of carboxylic acids is 10. The van der Waals surface area contributed by atoms with Gasteiger partial charge in [-0.1, -0.05) is 0 Å². The molecular weight excluding hydrogens is 570 g/mol. The predicted octanol–water partition coefficient (Wildman–Crippen LogP) is -8.56. The maximum atomic E-state index is 9.10. The van der Waals surface area contributed by atoms with E-state index in [4.69, 9.17) is 99.0 Å². The van der Waals surface area contributed by atoms with Crippen molar-refractivity contribution >= 4 is 59.7 Å². The summed E-state index contributed by atoms with van der Waals surface area (Å²) in [7, 11) is 0. The van der Waals surface area contributed by atoms with Crippen LogP contribution in [0, 0.1) is 0 Å². The van der Waals surface area contributed by atoms with Crippen LogP contribution in [-0.4, -0.2) is 106 Å². The smallest absolute Gasteiger partial charge is 0.539 e. The first-order valence-corrected chi connectivity index (χ1v) is 5.51. The number of carboxylic acid groups (broad SMARTS) is 10. The molecule has 22 heteroatoms. The number of hydrogen-bond donors (Lipinski definition) is 9. The molecule has 0 aromatic heterocycles. The van der Waals surface area contributed by atoms with Crippen molar-refractivity contribution in [1.29, 1.82) is 0 Å². The molecule has 0 aromatic carbocycles. The summed E-state index contributed by atoms with van der Waals surface area (Å²) in [6, 6.07) is 0. The fourth-order valence-corrected chi connectivity index (χ4v) is 0. The molecule has 0 unspecified atom stereocenters. The van der Waals surface area contributed by atoms with E-state index in [9.17, 15) is 0 Å². The molecule has 174 valence electrons. The third-order valence-corrected chi connectivity index (χ3v) is 0.906. The zero-order chi connectivity index (χ0) is 25.8. The molecule has 0 saturated carbocycles. The Kier molecular flexibility index (Phi) is 41.6. The van der Waals surface area contributed by atoms with Crippen molar-refractivity contribution in [3.8, 4) is 0 Å². The van der Waals surface area contributed by atoms with Crippen LogP contribution in [0.3, 0.4) is 0 Å². The number of carbonyl (C=O) groups excluding carboxylic acids is 1. The molecule has 0 aliphatic heterocycles. The minimum atomic E-state index is -2.07. The van der Waals surface area contributed by atoms with Gasteiger partial charge in [0.05, 0.1) is 0 Å². The summed E-state index contributed by atoms with van der Waals surface area (Å²) < 4.78 is 0. The average molecular weight is 579 g/mol. The fraction of sp³-hybridized carbons (Fsp3) is 0. The van der Waals surface area contributed by atoms with Crippen molar-refractivity contribution in [2.24, 2.45) is 0 Å². The van der Waals surface area contributed by atoms with Gasteiger partial charge in [-0.05, 0) is 0 Å². The summed E-state index contributed by atoms with van der Waals surface area (Å²) in [5.41, 5.74) is 0. The van der Waals surface area contributed by atoms with Gasteiger partial charge in [0, 0.05) is 26.2 Å². The third-order valence-electron chi connectivity index (χ3n) is 0.906. The molecule has 0 aliphatic rings. The first kappa shape index (κ1) is 47.1. The van der Waals surface area contributed by atoms with Crippen LogP contribution < -0.4 is 56.5 Å². The molecule has 0 amide bonds. The minimum Gasteiger partial charge on any atom is -0.539 e. The first-order valence-electron chi connectivity index (χ1n) is 5.51. The van der Waals surface area contributed by atoms with E-state index in [0.29, 0.717) is 0 Å². The second kappa shape index (κ2) is 28.2. The van der Waals surface area contributed by atoms with E-state index in [0.717, 1.165) is 0 Å². The second-order valence-corrected chi connectivity index (χ2v) is 3.03. The molecule has 32 heavy (non-hydrogen) atoms. The van der Waals surface area contributed by atoms with Gasteiger partial charge in [-0.15, -0.1) is 0 Å². The predicted molar refractivity (Wildman–Crippen MR) is 73.7 cm³/mol. The summed E-state index contributed by atoms with van der Waals surface area (Å²) in [5.74, 6) is -18.6. The van der Waals surface area contributed by atoms with Crippen molar-refractivity contribution in [1.82, 2.24) is 0 Å². The van der Waals surface area contributed by atoms with Crippen LogP contribution in [0.4, 0.5) is 0 Å². The van der Waals surface area contributed by atoms with Crippen LogP contribution in [0.1, 0.15) is 0 Å². The molecular formula is C10H9KO20Zr. The normalized spacial score (nSPS) is 6.88. The van der Waals surface area contributed by atoms with Gasteiger partial charge in [0.2, 0.25) is 0 Å². The van der Waals surface area contributed by atoms with E-state index in [-0.39, 0.29) is 77.6 Å². The molecule has 0 radical (unpaired) electrons. The standard InChI is InChI=1S/5C2H2O4.K.Zr/c5*3-1(4)2(5)6;;/h5*(H,3,4)(H,5,6);;/q;;;;;+1;/p-1. The Morgan fingerprint density at radius 3 is 0.406 bits per heavy atom. The fourth-order valence-electron chi connectivity index (χ4n) is 0. The summed E-state index contributed by atoms with van der Waals surface area (Å²) in [6.07, 6.45) is 0. The number of rotatable bonds is 0. The molecule has 20 nitrogen and oxygen atoms in total. The largest absolute Gasteiger partial charge is 1.00 e.